The van der Waals surface area contributed by atoms with Gasteiger partial charge in [0.15, 0.2) is 0 Å². The van der Waals surface area contributed by atoms with Crippen molar-refractivity contribution in [2.24, 2.45) is 0 Å². The van der Waals surface area contributed by atoms with Gasteiger partial charge in [0.25, 0.3) is 0 Å². The van der Waals surface area contributed by atoms with Gasteiger partial charge in [-0.25, -0.2) is 4.98 Å². The molecule has 0 aromatic carbocycles. The molecule has 114 valence electrons. The summed E-state index contributed by atoms with van der Waals surface area (Å²) in [7, 11) is 3.20. The van der Waals surface area contributed by atoms with Crippen molar-refractivity contribution >= 4 is 23.4 Å². The Labute approximate surface area is 121 Å². The third-order valence-electron chi connectivity index (χ3n) is 3.52. The van der Waals surface area contributed by atoms with E-state index in [1.165, 1.54) is 0 Å². The smallest absolute Gasteiger partial charge is 0.332 e. The van der Waals surface area contributed by atoms with Crippen molar-refractivity contribution in [1.29, 1.82) is 0 Å². The molecule has 1 aromatic rings. The van der Waals surface area contributed by atoms with Crippen LogP contribution in [0.4, 0.5) is 17.5 Å². The molecule has 2 N–H and O–H groups in total. The summed E-state index contributed by atoms with van der Waals surface area (Å²) in [5, 5.41) is 16.7. The standard InChI is InChI=1S/C12H18N6O3/c1-7-9(18(20)21)10(16-12(14-3)15-7)17-6-4-5-8(17)11(19)13-2/h8H,4-6H2,1-3H3,(H,13,19)(H,14,15,16). The second kappa shape index (κ2) is 5.90. The zero-order valence-electron chi connectivity index (χ0n) is 12.2. The first kappa shape index (κ1) is 14.9. The van der Waals surface area contributed by atoms with Gasteiger partial charge in [-0.05, 0) is 19.8 Å². The van der Waals surface area contributed by atoms with Gasteiger partial charge in [-0.2, -0.15) is 4.98 Å². The summed E-state index contributed by atoms with van der Waals surface area (Å²) in [4.78, 5) is 32.7. The third kappa shape index (κ3) is 2.71. The minimum absolute atomic E-state index is 0.148. The van der Waals surface area contributed by atoms with Gasteiger partial charge >= 0.3 is 5.69 Å². The molecule has 9 nitrogen and oxygen atoms in total. The Morgan fingerprint density at radius 1 is 1.43 bits per heavy atom. The van der Waals surface area contributed by atoms with Crippen LogP contribution in [0.2, 0.25) is 0 Å². The Morgan fingerprint density at radius 2 is 2.14 bits per heavy atom. The van der Waals surface area contributed by atoms with Gasteiger partial charge in [0, 0.05) is 20.6 Å². The Kier molecular flexibility index (Phi) is 4.20. The summed E-state index contributed by atoms with van der Waals surface area (Å²) in [5.74, 6) is 0.336. The van der Waals surface area contributed by atoms with E-state index in [2.05, 4.69) is 20.6 Å². The fraction of sp³-hybridized carbons (Fsp3) is 0.583. The van der Waals surface area contributed by atoms with Crippen molar-refractivity contribution in [3.63, 3.8) is 0 Å². The second-order valence-corrected chi connectivity index (χ2v) is 4.78. The van der Waals surface area contributed by atoms with Crippen molar-refractivity contribution in [2.45, 2.75) is 25.8 Å². The molecule has 0 spiro atoms. The summed E-state index contributed by atoms with van der Waals surface area (Å²) in [5.41, 5.74) is 0.127. The monoisotopic (exact) mass is 294 g/mol. The molecule has 0 saturated carbocycles. The number of rotatable bonds is 4. The lowest BCUT2D eigenvalue weighted by molar-refractivity contribution is -0.385. The summed E-state index contributed by atoms with van der Waals surface area (Å²) < 4.78 is 0. The number of hydrogen-bond acceptors (Lipinski definition) is 7. The average Bonchev–Trinajstić information content (AvgIpc) is 2.94. The predicted molar refractivity (Wildman–Crippen MR) is 77.4 cm³/mol. The molecule has 9 heteroatoms. The fourth-order valence-corrected chi connectivity index (χ4v) is 2.54. The number of likely N-dealkylation sites (N-methyl/N-ethyl adjacent to an activating group) is 1. The SMILES string of the molecule is CNC(=O)C1CCCN1c1nc(NC)nc(C)c1[N+](=O)[O-]. The van der Waals surface area contributed by atoms with Crippen molar-refractivity contribution in [3.8, 4) is 0 Å². The van der Waals surface area contributed by atoms with Crippen LogP contribution in [-0.2, 0) is 4.79 Å². The molecule has 2 rings (SSSR count). The lowest BCUT2D eigenvalue weighted by atomic mass is 10.2. The first-order valence-electron chi connectivity index (χ1n) is 6.68. The number of nitro groups is 1. The lowest BCUT2D eigenvalue weighted by Crippen LogP contribution is -2.42. The molecule has 1 aliphatic heterocycles. The number of aromatic nitrogens is 2. The largest absolute Gasteiger partial charge is 0.357 e. The number of hydrogen-bond donors (Lipinski definition) is 2. The Balaban J connectivity index is 2.53. The van der Waals surface area contributed by atoms with E-state index in [0.717, 1.165) is 6.42 Å². The van der Waals surface area contributed by atoms with Gasteiger partial charge in [0.1, 0.15) is 11.7 Å². The van der Waals surface area contributed by atoms with Gasteiger partial charge in [-0.15, -0.1) is 0 Å². The van der Waals surface area contributed by atoms with E-state index in [-0.39, 0.29) is 23.1 Å². The van der Waals surface area contributed by atoms with Crippen LogP contribution in [0.1, 0.15) is 18.5 Å². The van der Waals surface area contributed by atoms with Gasteiger partial charge in [0.05, 0.1) is 4.92 Å². The van der Waals surface area contributed by atoms with E-state index in [4.69, 9.17) is 0 Å². The van der Waals surface area contributed by atoms with E-state index in [1.54, 1.807) is 25.9 Å². The molecule has 0 bridgehead atoms. The zero-order chi connectivity index (χ0) is 15.6. The number of nitrogens with one attached hydrogen (secondary N) is 2. The highest BCUT2D eigenvalue weighted by molar-refractivity contribution is 5.86. The molecule has 21 heavy (non-hydrogen) atoms. The van der Waals surface area contributed by atoms with Crippen molar-refractivity contribution < 1.29 is 9.72 Å². The number of nitrogens with zero attached hydrogens (tertiary/aromatic N) is 4. The van der Waals surface area contributed by atoms with E-state index in [9.17, 15) is 14.9 Å². The molecule has 0 aliphatic carbocycles. The molecular formula is C12H18N6O3. The molecule has 1 saturated heterocycles. The Morgan fingerprint density at radius 3 is 2.71 bits per heavy atom. The van der Waals surface area contributed by atoms with Crippen LogP contribution in [0.3, 0.4) is 0 Å². The highest BCUT2D eigenvalue weighted by atomic mass is 16.6. The number of aryl methyl sites for hydroxylation is 1. The van der Waals surface area contributed by atoms with Gasteiger partial charge < -0.3 is 15.5 Å². The van der Waals surface area contributed by atoms with Crippen molar-refractivity contribution in [1.82, 2.24) is 15.3 Å². The highest BCUT2D eigenvalue weighted by Crippen LogP contribution is 2.34. The first-order valence-corrected chi connectivity index (χ1v) is 6.68. The summed E-state index contributed by atoms with van der Waals surface area (Å²) in [6.07, 6.45) is 1.43. The molecular weight excluding hydrogens is 276 g/mol. The molecule has 1 fully saturated rings. The maximum absolute atomic E-state index is 11.9. The van der Waals surface area contributed by atoms with E-state index in [1.807, 2.05) is 0 Å². The summed E-state index contributed by atoms with van der Waals surface area (Å²) >= 11 is 0. The summed E-state index contributed by atoms with van der Waals surface area (Å²) in [6.45, 7) is 2.12. The molecule has 1 aromatic heterocycles. The van der Waals surface area contributed by atoms with E-state index in [0.29, 0.717) is 18.9 Å². The number of carbonyl (C=O) groups is 1. The quantitative estimate of drug-likeness (QED) is 0.612. The summed E-state index contributed by atoms with van der Waals surface area (Å²) in [6, 6.07) is -0.437. The minimum atomic E-state index is -0.497. The second-order valence-electron chi connectivity index (χ2n) is 4.78. The van der Waals surface area contributed by atoms with Crippen molar-refractivity contribution in [3.05, 3.63) is 15.8 Å². The van der Waals surface area contributed by atoms with E-state index >= 15 is 0 Å². The maximum atomic E-state index is 11.9. The molecule has 1 amide bonds. The van der Waals surface area contributed by atoms with Gasteiger partial charge in [-0.3, -0.25) is 14.9 Å². The highest BCUT2D eigenvalue weighted by Gasteiger charge is 2.36. The molecule has 1 aliphatic rings. The average molecular weight is 294 g/mol. The zero-order valence-corrected chi connectivity index (χ0v) is 12.2. The van der Waals surface area contributed by atoms with Crippen LogP contribution in [0.5, 0.6) is 0 Å². The first-order chi connectivity index (χ1) is 9.99. The minimum Gasteiger partial charge on any atom is -0.357 e. The van der Waals surface area contributed by atoms with Crippen LogP contribution in [0.15, 0.2) is 0 Å². The van der Waals surface area contributed by atoms with Crippen LogP contribution in [-0.4, -0.2) is 47.5 Å². The number of amides is 1. The van der Waals surface area contributed by atoms with E-state index < -0.39 is 11.0 Å². The van der Waals surface area contributed by atoms with Crippen LogP contribution >= 0.6 is 0 Å². The molecule has 1 atom stereocenters. The number of anilines is 2. The van der Waals surface area contributed by atoms with Crippen molar-refractivity contribution in [2.75, 3.05) is 30.9 Å². The topological polar surface area (TPSA) is 113 Å². The normalized spacial score (nSPS) is 17.7. The Bertz CT molecular complexity index is 576. The van der Waals surface area contributed by atoms with Gasteiger partial charge in [0.2, 0.25) is 17.7 Å². The van der Waals surface area contributed by atoms with Crippen LogP contribution in [0, 0.1) is 17.0 Å². The third-order valence-corrected chi connectivity index (χ3v) is 3.52. The lowest BCUT2D eigenvalue weighted by Gasteiger charge is -2.24. The van der Waals surface area contributed by atoms with Crippen LogP contribution < -0.4 is 15.5 Å². The van der Waals surface area contributed by atoms with Crippen LogP contribution in [0.25, 0.3) is 0 Å². The predicted octanol–water partition coefficient (Wildman–Crippen LogP) is 0.450. The molecule has 1 unspecified atom stereocenters. The number of carbonyl (C=O) groups excluding carboxylic acids is 1. The maximum Gasteiger partial charge on any atom is 0.332 e. The fourth-order valence-electron chi connectivity index (χ4n) is 2.54. The van der Waals surface area contributed by atoms with Gasteiger partial charge in [-0.1, -0.05) is 0 Å². The molecule has 0 radical (unpaired) electrons. The Hall–Kier alpha value is -2.45. The molecule has 2 heterocycles.